The summed E-state index contributed by atoms with van der Waals surface area (Å²) in [6, 6.07) is 13.0. The van der Waals surface area contributed by atoms with Crippen LogP contribution in [0.5, 0.6) is 0 Å². The first-order chi connectivity index (χ1) is 8.69. The minimum Gasteiger partial charge on any atom is -0.392 e. The van der Waals surface area contributed by atoms with Crippen LogP contribution in [-0.2, 0) is 13.2 Å². The highest BCUT2D eigenvalue weighted by atomic mass is 35.5. The van der Waals surface area contributed by atoms with Crippen LogP contribution in [0, 0.1) is 0 Å². The molecular weight excluding hydrogens is 269 g/mol. The van der Waals surface area contributed by atoms with Gasteiger partial charge in [0.2, 0.25) is 0 Å². The molecule has 2 nitrogen and oxygen atoms in total. The molecular formula is C14H13Cl2NO. The molecule has 2 aromatic rings. The van der Waals surface area contributed by atoms with Gasteiger partial charge in [0, 0.05) is 22.3 Å². The lowest BCUT2D eigenvalue weighted by Crippen LogP contribution is -2.00. The highest BCUT2D eigenvalue weighted by Gasteiger charge is 2.01. The predicted molar refractivity (Wildman–Crippen MR) is 76.2 cm³/mol. The van der Waals surface area contributed by atoms with Gasteiger partial charge < -0.3 is 10.4 Å². The fraction of sp³-hybridized carbons (Fsp3) is 0.143. The van der Waals surface area contributed by atoms with Crippen LogP contribution in [0.15, 0.2) is 42.5 Å². The number of hydrogen-bond donors (Lipinski definition) is 2. The molecule has 0 saturated heterocycles. The van der Waals surface area contributed by atoms with Gasteiger partial charge in [0.25, 0.3) is 0 Å². The normalized spacial score (nSPS) is 10.4. The number of halogens is 2. The molecule has 0 radical (unpaired) electrons. The van der Waals surface area contributed by atoms with Crippen molar-refractivity contribution >= 4 is 28.9 Å². The summed E-state index contributed by atoms with van der Waals surface area (Å²) >= 11 is 12.0. The fourth-order valence-electron chi connectivity index (χ4n) is 1.66. The molecule has 4 heteroatoms. The van der Waals surface area contributed by atoms with Crippen LogP contribution in [0.1, 0.15) is 11.1 Å². The first-order valence-corrected chi connectivity index (χ1v) is 6.32. The molecule has 2 rings (SSSR count). The lowest BCUT2D eigenvalue weighted by molar-refractivity contribution is 0.282. The Morgan fingerprint density at radius 1 is 1.06 bits per heavy atom. The van der Waals surface area contributed by atoms with Crippen LogP contribution in [0.3, 0.4) is 0 Å². The zero-order valence-electron chi connectivity index (χ0n) is 9.66. The van der Waals surface area contributed by atoms with E-state index in [1.165, 1.54) is 0 Å². The largest absolute Gasteiger partial charge is 0.392 e. The third-order valence-electron chi connectivity index (χ3n) is 2.60. The number of aliphatic hydroxyl groups is 1. The molecule has 0 atom stereocenters. The highest BCUT2D eigenvalue weighted by molar-refractivity contribution is 6.33. The molecule has 2 N–H and O–H groups in total. The third kappa shape index (κ3) is 3.39. The van der Waals surface area contributed by atoms with Gasteiger partial charge in [0.05, 0.1) is 6.61 Å². The molecule has 2 aromatic carbocycles. The first kappa shape index (κ1) is 13.2. The lowest BCUT2D eigenvalue weighted by atomic mass is 10.2. The van der Waals surface area contributed by atoms with Gasteiger partial charge in [-0.05, 0) is 41.5 Å². The van der Waals surface area contributed by atoms with Gasteiger partial charge >= 0.3 is 0 Å². The zero-order chi connectivity index (χ0) is 13.0. The van der Waals surface area contributed by atoms with E-state index in [0.29, 0.717) is 16.6 Å². The average Bonchev–Trinajstić information content (AvgIpc) is 2.40. The van der Waals surface area contributed by atoms with Gasteiger partial charge in [0.15, 0.2) is 0 Å². The van der Waals surface area contributed by atoms with Gasteiger partial charge in [-0.3, -0.25) is 0 Å². The Hall–Kier alpha value is -1.22. The van der Waals surface area contributed by atoms with Crippen molar-refractivity contribution in [3.8, 4) is 0 Å². The summed E-state index contributed by atoms with van der Waals surface area (Å²) in [5, 5.41) is 13.7. The summed E-state index contributed by atoms with van der Waals surface area (Å²) in [5.41, 5.74) is 2.76. The van der Waals surface area contributed by atoms with Gasteiger partial charge in [-0.15, -0.1) is 0 Å². The quantitative estimate of drug-likeness (QED) is 0.885. The van der Waals surface area contributed by atoms with E-state index in [4.69, 9.17) is 28.3 Å². The van der Waals surface area contributed by atoms with E-state index >= 15 is 0 Å². The Morgan fingerprint density at radius 2 is 1.89 bits per heavy atom. The van der Waals surface area contributed by atoms with Crippen LogP contribution in [-0.4, -0.2) is 5.11 Å². The second-order valence-electron chi connectivity index (χ2n) is 3.95. The van der Waals surface area contributed by atoms with Crippen molar-refractivity contribution in [1.82, 2.24) is 0 Å². The smallest absolute Gasteiger partial charge is 0.0682 e. The minimum absolute atomic E-state index is 0.0352. The van der Waals surface area contributed by atoms with E-state index in [1.54, 1.807) is 12.1 Å². The van der Waals surface area contributed by atoms with Crippen molar-refractivity contribution in [1.29, 1.82) is 0 Å². The van der Waals surface area contributed by atoms with Crippen molar-refractivity contribution in [3.05, 3.63) is 63.6 Å². The summed E-state index contributed by atoms with van der Waals surface area (Å²) < 4.78 is 0. The number of hydrogen-bond acceptors (Lipinski definition) is 2. The van der Waals surface area contributed by atoms with E-state index < -0.39 is 0 Å². The van der Waals surface area contributed by atoms with Gasteiger partial charge in [-0.25, -0.2) is 0 Å². The van der Waals surface area contributed by atoms with Gasteiger partial charge in [-0.1, -0.05) is 35.3 Å². The molecule has 18 heavy (non-hydrogen) atoms. The number of benzene rings is 2. The molecule has 0 aliphatic rings. The molecule has 0 heterocycles. The summed E-state index contributed by atoms with van der Waals surface area (Å²) in [4.78, 5) is 0. The van der Waals surface area contributed by atoms with E-state index in [1.807, 2.05) is 30.3 Å². The van der Waals surface area contributed by atoms with Gasteiger partial charge in [-0.2, -0.15) is 0 Å². The van der Waals surface area contributed by atoms with Crippen LogP contribution in [0.4, 0.5) is 5.69 Å². The molecule has 0 unspecified atom stereocenters. The molecule has 0 spiro atoms. The molecule has 0 amide bonds. The number of aliphatic hydroxyl groups excluding tert-OH is 1. The van der Waals surface area contributed by atoms with Crippen LogP contribution in [0.25, 0.3) is 0 Å². The molecule has 0 aliphatic heterocycles. The van der Waals surface area contributed by atoms with Crippen molar-refractivity contribution in [3.63, 3.8) is 0 Å². The summed E-state index contributed by atoms with van der Waals surface area (Å²) in [6.07, 6.45) is 0. The number of anilines is 1. The van der Waals surface area contributed by atoms with Crippen LogP contribution >= 0.6 is 23.2 Å². The van der Waals surface area contributed by atoms with E-state index in [2.05, 4.69) is 5.32 Å². The van der Waals surface area contributed by atoms with Crippen LogP contribution < -0.4 is 5.32 Å². The summed E-state index contributed by atoms with van der Waals surface area (Å²) in [7, 11) is 0. The van der Waals surface area contributed by atoms with Gasteiger partial charge in [0.1, 0.15) is 0 Å². The average molecular weight is 282 g/mol. The second-order valence-corrected chi connectivity index (χ2v) is 4.79. The molecule has 0 aromatic heterocycles. The fourth-order valence-corrected chi connectivity index (χ4v) is 2.03. The Labute approximate surface area is 116 Å². The van der Waals surface area contributed by atoms with Crippen molar-refractivity contribution in [2.45, 2.75) is 13.2 Å². The molecule has 0 fully saturated rings. The van der Waals surface area contributed by atoms with Crippen molar-refractivity contribution in [2.75, 3.05) is 5.32 Å². The van der Waals surface area contributed by atoms with Crippen molar-refractivity contribution in [2.24, 2.45) is 0 Å². The molecule has 0 bridgehead atoms. The Morgan fingerprint density at radius 3 is 2.67 bits per heavy atom. The number of nitrogens with one attached hydrogen (secondary N) is 1. The molecule has 94 valence electrons. The van der Waals surface area contributed by atoms with Crippen molar-refractivity contribution < 1.29 is 5.11 Å². The topological polar surface area (TPSA) is 32.3 Å². The second kappa shape index (κ2) is 6.10. The minimum atomic E-state index is 0.0352. The van der Waals surface area contributed by atoms with E-state index in [9.17, 15) is 0 Å². The highest BCUT2D eigenvalue weighted by Crippen LogP contribution is 2.22. The standard InChI is InChI=1S/C14H13Cl2NO/c15-12-4-5-14(16)11(7-12)8-17-13-3-1-2-10(6-13)9-18/h1-7,17-18H,8-9H2. The lowest BCUT2D eigenvalue weighted by Gasteiger charge is -2.09. The number of rotatable bonds is 4. The monoisotopic (exact) mass is 281 g/mol. The maximum Gasteiger partial charge on any atom is 0.0682 e. The summed E-state index contributed by atoms with van der Waals surface area (Å²) in [6.45, 7) is 0.627. The zero-order valence-corrected chi connectivity index (χ0v) is 11.2. The SMILES string of the molecule is OCc1cccc(NCc2cc(Cl)ccc2Cl)c1. The maximum absolute atomic E-state index is 9.06. The Bertz CT molecular complexity index is 543. The molecule has 0 saturated carbocycles. The first-order valence-electron chi connectivity index (χ1n) is 5.56. The Kier molecular flexibility index (Phi) is 4.48. The third-order valence-corrected chi connectivity index (χ3v) is 3.20. The summed E-state index contributed by atoms with van der Waals surface area (Å²) in [5.74, 6) is 0. The van der Waals surface area contributed by atoms with E-state index in [-0.39, 0.29) is 6.61 Å². The maximum atomic E-state index is 9.06. The molecule has 0 aliphatic carbocycles. The predicted octanol–water partition coefficient (Wildman–Crippen LogP) is 4.10. The Balaban J connectivity index is 2.08. The van der Waals surface area contributed by atoms with E-state index in [0.717, 1.165) is 16.8 Å². The van der Waals surface area contributed by atoms with Crippen LogP contribution in [0.2, 0.25) is 10.0 Å².